The lowest BCUT2D eigenvalue weighted by Crippen LogP contribution is -2.27. The monoisotopic (exact) mass is 337 g/mol. The van der Waals surface area contributed by atoms with Gasteiger partial charge in [-0.1, -0.05) is 0 Å². The molecule has 0 aliphatic carbocycles. The standard InChI is InChI=1S/C15H16FN3O3S/c1-22-11-3-2-10-14(13(11)16)17-8-18-15(10)19-6-9-4-5-23(20,21)12(9)7-19/h2-3,8-9,12H,4-7H2,1H3/t9-,12+/m0/s1. The Bertz CT molecular complexity index is 887. The van der Waals surface area contributed by atoms with Crippen molar-refractivity contribution in [3.8, 4) is 5.75 Å². The van der Waals surface area contributed by atoms with E-state index in [4.69, 9.17) is 4.74 Å². The van der Waals surface area contributed by atoms with E-state index in [1.54, 1.807) is 6.07 Å². The Hall–Kier alpha value is -1.96. The summed E-state index contributed by atoms with van der Waals surface area (Å²) in [7, 11) is -1.61. The van der Waals surface area contributed by atoms with Gasteiger partial charge in [-0.15, -0.1) is 0 Å². The Morgan fingerprint density at radius 3 is 2.87 bits per heavy atom. The first-order valence-electron chi connectivity index (χ1n) is 7.45. The maximum absolute atomic E-state index is 14.4. The summed E-state index contributed by atoms with van der Waals surface area (Å²) < 4.78 is 43.5. The molecule has 0 unspecified atom stereocenters. The van der Waals surface area contributed by atoms with Crippen molar-refractivity contribution in [3.05, 3.63) is 24.3 Å². The number of hydrogen-bond acceptors (Lipinski definition) is 6. The van der Waals surface area contributed by atoms with E-state index >= 15 is 0 Å². The van der Waals surface area contributed by atoms with E-state index in [2.05, 4.69) is 9.97 Å². The number of aromatic nitrogens is 2. The van der Waals surface area contributed by atoms with E-state index in [1.807, 2.05) is 4.90 Å². The van der Waals surface area contributed by atoms with Crippen molar-refractivity contribution in [2.45, 2.75) is 11.7 Å². The van der Waals surface area contributed by atoms with Gasteiger partial charge in [-0.25, -0.2) is 22.8 Å². The van der Waals surface area contributed by atoms with Crippen LogP contribution >= 0.6 is 0 Å². The summed E-state index contributed by atoms with van der Waals surface area (Å²) in [5, 5.41) is 0.235. The van der Waals surface area contributed by atoms with Gasteiger partial charge in [-0.2, -0.15) is 0 Å². The molecule has 0 bridgehead atoms. The number of benzene rings is 1. The Labute approximate surface area is 133 Å². The fourth-order valence-electron chi connectivity index (χ4n) is 3.64. The number of ether oxygens (including phenoxy) is 1. The molecule has 1 aromatic heterocycles. The Balaban J connectivity index is 1.78. The van der Waals surface area contributed by atoms with Gasteiger partial charge in [0.25, 0.3) is 0 Å². The van der Waals surface area contributed by atoms with E-state index < -0.39 is 15.7 Å². The molecular formula is C15H16FN3O3S. The summed E-state index contributed by atoms with van der Waals surface area (Å²) in [4.78, 5) is 10.2. The molecule has 2 saturated heterocycles. The lowest BCUT2D eigenvalue weighted by molar-refractivity contribution is 0.388. The second kappa shape index (κ2) is 5.02. The van der Waals surface area contributed by atoms with Gasteiger partial charge in [-0.3, -0.25) is 0 Å². The second-order valence-corrected chi connectivity index (χ2v) is 8.37. The van der Waals surface area contributed by atoms with E-state index in [1.165, 1.54) is 19.5 Å². The third-order valence-corrected chi connectivity index (χ3v) is 7.08. The van der Waals surface area contributed by atoms with Crippen molar-refractivity contribution in [2.75, 3.05) is 30.9 Å². The average molecular weight is 337 g/mol. The Morgan fingerprint density at radius 2 is 2.13 bits per heavy atom. The molecule has 4 rings (SSSR count). The van der Waals surface area contributed by atoms with Crippen molar-refractivity contribution >= 4 is 26.6 Å². The van der Waals surface area contributed by atoms with Crippen molar-refractivity contribution < 1.29 is 17.5 Å². The van der Waals surface area contributed by atoms with Crippen LogP contribution < -0.4 is 9.64 Å². The van der Waals surface area contributed by atoms with Crippen LogP contribution in [0, 0.1) is 11.7 Å². The molecule has 2 aliphatic heterocycles. The molecule has 2 aromatic rings. The number of rotatable bonds is 2. The minimum Gasteiger partial charge on any atom is -0.494 e. The fraction of sp³-hybridized carbons (Fsp3) is 0.467. The highest BCUT2D eigenvalue weighted by Crippen LogP contribution is 2.38. The number of anilines is 1. The quantitative estimate of drug-likeness (QED) is 0.825. The molecule has 2 fully saturated rings. The zero-order valence-corrected chi connectivity index (χ0v) is 13.4. The lowest BCUT2D eigenvalue weighted by Gasteiger charge is -2.20. The summed E-state index contributed by atoms with van der Waals surface area (Å²) in [6.07, 6.45) is 2.00. The molecule has 0 amide bonds. The van der Waals surface area contributed by atoms with Gasteiger partial charge in [0.1, 0.15) is 17.7 Å². The maximum atomic E-state index is 14.4. The molecule has 0 spiro atoms. The third-order valence-electron chi connectivity index (χ3n) is 4.82. The number of fused-ring (bicyclic) bond motifs is 2. The topological polar surface area (TPSA) is 72.4 Å². The minimum absolute atomic E-state index is 0.128. The highest BCUT2D eigenvalue weighted by molar-refractivity contribution is 7.92. The van der Waals surface area contributed by atoms with Crippen LogP contribution in [0.1, 0.15) is 6.42 Å². The molecule has 0 radical (unpaired) electrons. The van der Waals surface area contributed by atoms with Gasteiger partial charge in [0.2, 0.25) is 0 Å². The van der Waals surface area contributed by atoms with Crippen LogP contribution in [-0.4, -0.2) is 49.6 Å². The SMILES string of the molecule is COc1ccc2c(N3C[C@@H]4CCS(=O)(=O)[C@@H]4C3)ncnc2c1F. The van der Waals surface area contributed by atoms with Gasteiger partial charge in [0, 0.05) is 18.5 Å². The molecule has 0 saturated carbocycles. The molecule has 6 nitrogen and oxygen atoms in total. The highest BCUT2D eigenvalue weighted by atomic mass is 32.2. The van der Waals surface area contributed by atoms with Crippen LogP contribution in [0.25, 0.3) is 10.9 Å². The maximum Gasteiger partial charge on any atom is 0.191 e. The smallest absolute Gasteiger partial charge is 0.191 e. The summed E-state index contributed by atoms with van der Waals surface area (Å²) in [5.74, 6) is 0.588. The van der Waals surface area contributed by atoms with E-state index in [0.717, 1.165) is 0 Å². The van der Waals surface area contributed by atoms with Crippen molar-refractivity contribution in [2.24, 2.45) is 5.92 Å². The molecular weight excluding hydrogens is 321 g/mol. The summed E-state index contributed by atoms with van der Waals surface area (Å²) in [5.41, 5.74) is 0.189. The molecule has 3 heterocycles. The van der Waals surface area contributed by atoms with Crippen LogP contribution in [0.4, 0.5) is 10.2 Å². The fourth-order valence-corrected chi connectivity index (χ4v) is 5.79. The number of methoxy groups -OCH3 is 1. The minimum atomic E-state index is -3.02. The van der Waals surface area contributed by atoms with Gasteiger partial charge in [0.05, 0.1) is 18.1 Å². The van der Waals surface area contributed by atoms with Crippen molar-refractivity contribution in [1.29, 1.82) is 0 Å². The first-order chi connectivity index (χ1) is 11.0. The Kier molecular flexibility index (Phi) is 3.19. The van der Waals surface area contributed by atoms with E-state index in [0.29, 0.717) is 30.7 Å². The predicted octanol–water partition coefficient (Wildman–Crippen LogP) is 1.40. The number of sulfone groups is 1. The number of nitrogens with zero attached hydrogens (tertiary/aromatic N) is 3. The van der Waals surface area contributed by atoms with Gasteiger partial charge in [0.15, 0.2) is 21.4 Å². The third kappa shape index (κ3) is 2.15. The first-order valence-corrected chi connectivity index (χ1v) is 9.16. The van der Waals surface area contributed by atoms with Crippen molar-refractivity contribution in [1.82, 2.24) is 9.97 Å². The average Bonchev–Trinajstić information content (AvgIpc) is 3.08. The summed E-state index contributed by atoms with van der Waals surface area (Å²) in [6, 6.07) is 3.26. The largest absolute Gasteiger partial charge is 0.494 e. The van der Waals surface area contributed by atoms with Crippen molar-refractivity contribution in [3.63, 3.8) is 0 Å². The number of hydrogen-bond donors (Lipinski definition) is 0. The molecule has 2 aliphatic rings. The zero-order valence-electron chi connectivity index (χ0n) is 12.6. The first kappa shape index (κ1) is 14.6. The van der Waals surface area contributed by atoms with Gasteiger partial charge >= 0.3 is 0 Å². The van der Waals surface area contributed by atoms with Crippen LogP contribution in [0.15, 0.2) is 18.5 Å². The van der Waals surface area contributed by atoms with Gasteiger partial charge in [-0.05, 0) is 24.5 Å². The normalized spacial score (nSPS) is 25.7. The number of halogens is 1. The molecule has 8 heteroatoms. The Morgan fingerprint density at radius 1 is 1.30 bits per heavy atom. The van der Waals surface area contributed by atoms with Crippen LogP contribution in [0.5, 0.6) is 5.75 Å². The summed E-state index contributed by atoms with van der Waals surface area (Å²) >= 11 is 0. The second-order valence-electron chi connectivity index (χ2n) is 6.03. The lowest BCUT2D eigenvalue weighted by atomic mass is 10.1. The molecule has 2 atom stereocenters. The van der Waals surface area contributed by atoms with Gasteiger partial charge < -0.3 is 9.64 Å². The molecule has 122 valence electrons. The van der Waals surface area contributed by atoms with Crippen LogP contribution in [0.2, 0.25) is 0 Å². The van der Waals surface area contributed by atoms with Crippen LogP contribution in [-0.2, 0) is 9.84 Å². The van der Waals surface area contributed by atoms with Crippen LogP contribution in [0.3, 0.4) is 0 Å². The molecule has 1 aromatic carbocycles. The van der Waals surface area contributed by atoms with E-state index in [9.17, 15) is 12.8 Å². The molecule has 0 N–H and O–H groups in total. The zero-order chi connectivity index (χ0) is 16.2. The van der Waals surface area contributed by atoms with E-state index in [-0.39, 0.29) is 28.2 Å². The predicted molar refractivity (Wildman–Crippen MR) is 83.9 cm³/mol. The highest BCUT2D eigenvalue weighted by Gasteiger charge is 2.46. The molecule has 23 heavy (non-hydrogen) atoms. The summed E-state index contributed by atoms with van der Waals surface area (Å²) in [6.45, 7) is 1.04.